The maximum atomic E-state index is 12.0. The van der Waals surface area contributed by atoms with E-state index < -0.39 is 5.97 Å². The summed E-state index contributed by atoms with van der Waals surface area (Å²) >= 11 is 0. The van der Waals surface area contributed by atoms with E-state index >= 15 is 0 Å². The van der Waals surface area contributed by atoms with E-state index in [9.17, 15) is 14.4 Å². The van der Waals surface area contributed by atoms with E-state index in [1.54, 1.807) is 24.3 Å². The minimum atomic E-state index is -0.427. The Morgan fingerprint density at radius 1 is 1.21 bits per heavy atom. The van der Waals surface area contributed by atoms with Gasteiger partial charge in [-0.2, -0.15) is 0 Å². The molecule has 1 aliphatic heterocycles. The highest BCUT2D eigenvalue weighted by Gasteiger charge is 2.16. The van der Waals surface area contributed by atoms with Gasteiger partial charge < -0.3 is 20.1 Å². The summed E-state index contributed by atoms with van der Waals surface area (Å²) in [5.41, 5.74) is 1.08. The summed E-state index contributed by atoms with van der Waals surface area (Å²) in [6, 6.07) is 6.58. The van der Waals surface area contributed by atoms with Crippen LogP contribution in [0, 0.1) is 0 Å². The van der Waals surface area contributed by atoms with Crippen molar-refractivity contribution in [1.29, 1.82) is 0 Å². The maximum absolute atomic E-state index is 12.0. The molecule has 2 amide bonds. The Labute approximate surface area is 140 Å². The fraction of sp³-hybridized carbons (Fsp3) is 0.471. The molecule has 7 nitrogen and oxygen atoms in total. The quantitative estimate of drug-likeness (QED) is 0.737. The minimum Gasteiger partial charge on any atom is -0.469 e. The molecule has 0 unspecified atom stereocenters. The van der Waals surface area contributed by atoms with Gasteiger partial charge in [0.05, 0.1) is 19.6 Å². The number of anilines is 1. The summed E-state index contributed by atoms with van der Waals surface area (Å²) in [6.45, 7) is 1.26. The molecule has 0 bridgehead atoms. The summed E-state index contributed by atoms with van der Waals surface area (Å²) in [4.78, 5) is 34.7. The number of hydrogen-bond acceptors (Lipinski definition) is 5. The highest BCUT2D eigenvalue weighted by atomic mass is 16.5. The van der Waals surface area contributed by atoms with Crippen molar-refractivity contribution in [3.05, 3.63) is 29.8 Å². The molecule has 0 radical (unpaired) electrons. The largest absolute Gasteiger partial charge is 0.469 e. The first-order valence-electron chi connectivity index (χ1n) is 7.95. The van der Waals surface area contributed by atoms with Crippen LogP contribution in [-0.2, 0) is 19.1 Å². The molecule has 1 heterocycles. The van der Waals surface area contributed by atoms with Crippen LogP contribution in [-0.4, -0.2) is 44.1 Å². The number of esters is 1. The standard InChI is InChI=1S/C17H22N2O5/c1-23-16(21)9-8-15(20)19-13-6-4-12(5-7-13)17(22)18-11-14-3-2-10-24-14/h4-7,14H,2-3,8-11H2,1H3,(H,18,22)(H,19,20)/t14-/m0/s1. The summed E-state index contributed by atoms with van der Waals surface area (Å²) in [5.74, 6) is -0.881. The van der Waals surface area contributed by atoms with Crippen molar-refractivity contribution in [3.63, 3.8) is 0 Å². The molecule has 130 valence electrons. The zero-order chi connectivity index (χ0) is 17.4. The Kier molecular flexibility index (Phi) is 6.74. The first-order valence-corrected chi connectivity index (χ1v) is 7.95. The van der Waals surface area contributed by atoms with E-state index in [0.29, 0.717) is 17.8 Å². The lowest BCUT2D eigenvalue weighted by Crippen LogP contribution is -2.31. The van der Waals surface area contributed by atoms with Crippen LogP contribution in [0.1, 0.15) is 36.0 Å². The lowest BCUT2D eigenvalue weighted by molar-refractivity contribution is -0.141. The van der Waals surface area contributed by atoms with Crippen LogP contribution in [0.25, 0.3) is 0 Å². The average Bonchev–Trinajstić information content (AvgIpc) is 3.11. The van der Waals surface area contributed by atoms with Crippen molar-refractivity contribution < 1.29 is 23.9 Å². The van der Waals surface area contributed by atoms with Crippen LogP contribution in [0.15, 0.2) is 24.3 Å². The molecule has 0 saturated carbocycles. The van der Waals surface area contributed by atoms with Crippen molar-refractivity contribution >= 4 is 23.5 Å². The van der Waals surface area contributed by atoms with Crippen LogP contribution in [0.3, 0.4) is 0 Å². The van der Waals surface area contributed by atoms with E-state index in [1.807, 2.05) is 0 Å². The number of rotatable bonds is 7. The van der Waals surface area contributed by atoms with Gasteiger partial charge in [0.2, 0.25) is 5.91 Å². The van der Waals surface area contributed by atoms with Crippen molar-refractivity contribution in [1.82, 2.24) is 5.32 Å². The maximum Gasteiger partial charge on any atom is 0.306 e. The monoisotopic (exact) mass is 334 g/mol. The van der Waals surface area contributed by atoms with Gasteiger partial charge >= 0.3 is 5.97 Å². The zero-order valence-electron chi connectivity index (χ0n) is 13.7. The van der Waals surface area contributed by atoms with Gasteiger partial charge in [-0.05, 0) is 37.1 Å². The lowest BCUT2D eigenvalue weighted by atomic mass is 10.1. The molecular formula is C17H22N2O5. The molecule has 1 aliphatic rings. The Balaban J connectivity index is 1.77. The normalized spacial score (nSPS) is 16.5. The fourth-order valence-electron chi connectivity index (χ4n) is 2.36. The molecule has 1 aromatic carbocycles. The van der Waals surface area contributed by atoms with E-state index in [2.05, 4.69) is 15.4 Å². The number of carbonyl (C=O) groups is 3. The first-order chi connectivity index (χ1) is 11.6. The third-order valence-electron chi connectivity index (χ3n) is 3.73. The van der Waals surface area contributed by atoms with Gasteiger partial charge in [-0.25, -0.2) is 0 Å². The second-order valence-corrected chi connectivity index (χ2v) is 5.55. The molecule has 2 rings (SSSR count). The van der Waals surface area contributed by atoms with Crippen LogP contribution < -0.4 is 10.6 Å². The average molecular weight is 334 g/mol. The third kappa shape index (κ3) is 5.66. The second kappa shape index (κ2) is 9.02. The van der Waals surface area contributed by atoms with Gasteiger partial charge in [0.15, 0.2) is 0 Å². The molecule has 7 heteroatoms. The number of hydrogen-bond donors (Lipinski definition) is 2. The number of benzene rings is 1. The third-order valence-corrected chi connectivity index (χ3v) is 3.73. The number of ether oxygens (including phenoxy) is 2. The van der Waals surface area contributed by atoms with Gasteiger partial charge in [-0.1, -0.05) is 0 Å². The highest BCUT2D eigenvalue weighted by molar-refractivity contribution is 5.96. The second-order valence-electron chi connectivity index (χ2n) is 5.55. The van der Waals surface area contributed by atoms with Crippen LogP contribution in [0.2, 0.25) is 0 Å². The highest BCUT2D eigenvalue weighted by Crippen LogP contribution is 2.12. The molecule has 0 aromatic heterocycles. The van der Waals surface area contributed by atoms with Crippen molar-refractivity contribution in [3.8, 4) is 0 Å². The number of amides is 2. The molecule has 0 spiro atoms. The lowest BCUT2D eigenvalue weighted by Gasteiger charge is -2.11. The molecule has 24 heavy (non-hydrogen) atoms. The fourth-order valence-corrected chi connectivity index (χ4v) is 2.36. The van der Waals surface area contributed by atoms with Crippen molar-refractivity contribution in [2.45, 2.75) is 31.8 Å². The predicted octanol–water partition coefficient (Wildman–Crippen LogP) is 1.49. The summed E-state index contributed by atoms with van der Waals surface area (Å²) in [7, 11) is 1.28. The Morgan fingerprint density at radius 2 is 1.96 bits per heavy atom. The number of methoxy groups -OCH3 is 1. The predicted molar refractivity (Wildman–Crippen MR) is 87.6 cm³/mol. The molecule has 1 atom stereocenters. The van der Waals surface area contributed by atoms with Crippen molar-refractivity contribution in [2.75, 3.05) is 25.6 Å². The SMILES string of the molecule is COC(=O)CCC(=O)Nc1ccc(C(=O)NC[C@@H]2CCCO2)cc1. The van der Waals surface area contributed by atoms with Crippen LogP contribution in [0.4, 0.5) is 5.69 Å². The zero-order valence-corrected chi connectivity index (χ0v) is 13.7. The van der Waals surface area contributed by atoms with Gasteiger partial charge in [-0.15, -0.1) is 0 Å². The number of carbonyl (C=O) groups excluding carboxylic acids is 3. The molecule has 1 aromatic rings. The van der Waals surface area contributed by atoms with E-state index in [1.165, 1.54) is 7.11 Å². The Hall–Kier alpha value is -2.41. The van der Waals surface area contributed by atoms with Gasteiger partial charge in [0.1, 0.15) is 0 Å². The van der Waals surface area contributed by atoms with Crippen molar-refractivity contribution in [2.24, 2.45) is 0 Å². The van der Waals surface area contributed by atoms with E-state index in [4.69, 9.17) is 4.74 Å². The van der Waals surface area contributed by atoms with Gasteiger partial charge in [-0.3, -0.25) is 14.4 Å². The van der Waals surface area contributed by atoms with E-state index in [-0.39, 0.29) is 30.8 Å². The smallest absolute Gasteiger partial charge is 0.306 e. The summed E-state index contributed by atoms with van der Waals surface area (Å²) in [5, 5.41) is 5.50. The number of nitrogens with one attached hydrogen (secondary N) is 2. The molecule has 2 N–H and O–H groups in total. The Bertz CT molecular complexity index is 579. The summed E-state index contributed by atoms with van der Waals surface area (Å²) in [6.07, 6.45) is 2.19. The molecule has 1 saturated heterocycles. The minimum absolute atomic E-state index is 0.0338. The molecule has 0 aliphatic carbocycles. The Morgan fingerprint density at radius 3 is 2.58 bits per heavy atom. The van der Waals surface area contributed by atoms with Gasteiger partial charge in [0.25, 0.3) is 5.91 Å². The van der Waals surface area contributed by atoms with Crippen LogP contribution >= 0.6 is 0 Å². The molecular weight excluding hydrogens is 312 g/mol. The first kappa shape index (κ1) is 17.9. The van der Waals surface area contributed by atoms with E-state index in [0.717, 1.165) is 19.4 Å². The van der Waals surface area contributed by atoms with Gasteiger partial charge in [0, 0.05) is 30.8 Å². The topological polar surface area (TPSA) is 93.7 Å². The molecule has 1 fully saturated rings. The van der Waals surface area contributed by atoms with Crippen LogP contribution in [0.5, 0.6) is 0 Å². The summed E-state index contributed by atoms with van der Waals surface area (Å²) < 4.78 is 9.94.